The fourth-order valence-electron chi connectivity index (χ4n) is 9.56. The van der Waals surface area contributed by atoms with Gasteiger partial charge in [0.05, 0.1) is 42.1 Å². The van der Waals surface area contributed by atoms with Gasteiger partial charge in [-0.1, -0.05) is 73.7 Å². The standard InChI is InChI=1S/C45H43N3O7Si/c1-28-42(56(2,3)53)40(25-41(50)46-26-30-14-8-7-13-29(30)23-33(46)27-49)55-45(28)35-24-32(21-22-36(35)48(44(45)52)31-15-5-4-6-16-31)47-37-18-10-12-20-39(37)54-38-19-11-9-17-34(38)43(47)51/h4-22,24,28,33,40,42,49,53H,23,25-27H2,1-3H3/t28-,33-,40+,42-,45+/m0/s1. The molecule has 0 aliphatic carbocycles. The van der Waals surface area contributed by atoms with Gasteiger partial charge in [0.15, 0.2) is 19.7 Å². The molecule has 1 spiro atoms. The van der Waals surface area contributed by atoms with Gasteiger partial charge in [0.1, 0.15) is 5.75 Å². The van der Waals surface area contributed by atoms with Crippen LogP contribution in [0.1, 0.15) is 40.4 Å². The molecule has 11 heteroatoms. The molecule has 0 unspecified atom stereocenters. The number of hydrogen-bond acceptors (Lipinski definition) is 7. The summed E-state index contributed by atoms with van der Waals surface area (Å²) >= 11 is 0. The largest absolute Gasteiger partial charge is 0.454 e. The fourth-order valence-corrected chi connectivity index (χ4v) is 12.1. The zero-order valence-electron chi connectivity index (χ0n) is 31.5. The SMILES string of the molecule is C[C@H]1[C@H]([Si](C)(C)O)[C@@H](CC(=O)N2Cc3ccccc3C[C@H]2CO)O[C@]12C(=O)N(c1ccccc1)c1ccc(N3C(=O)c4ccccc4Oc4ccccc43)cc12. The molecular weight excluding hydrogens is 723 g/mol. The number of aliphatic hydroxyl groups is 1. The molecule has 0 bridgehead atoms. The Morgan fingerprint density at radius 1 is 0.804 bits per heavy atom. The summed E-state index contributed by atoms with van der Waals surface area (Å²) in [4.78, 5) is 61.2. The first-order valence-corrected chi connectivity index (χ1v) is 22.2. The second-order valence-corrected chi connectivity index (χ2v) is 19.8. The second kappa shape index (κ2) is 13.6. The summed E-state index contributed by atoms with van der Waals surface area (Å²) in [6, 6.07) is 36.9. The number of benzene rings is 5. The van der Waals surface area contributed by atoms with Gasteiger partial charge in [-0.2, -0.15) is 0 Å². The highest BCUT2D eigenvalue weighted by atomic mass is 28.4. The van der Waals surface area contributed by atoms with Gasteiger partial charge in [0, 0.05) is 34.9 Å². The third-order valence-electron chi connectivity index (χ3n) is 12.1. The van der Waals surface area contributed by atoms with Crippen LogP contribution in [-0.4, -0.2) is 59.6 Å². The highest BCUT2D eigenvalue weighted by molar-refractivity contribution is 6.71. The zero-order chi connectivity index (χ0) is 38.9. The van der Waals surface area contributed by atoms with Crippen molar-refractivity contribution >= 4 is 48.8 Å². The molecule has 2 N–H and O–H groups in total. The van der Waals surface area contributed by atoms with Crippen LogP contribution in [0.25, 0.3) is 0 Å². The molecule has 1 fully saturated rings. The van der Waals surface area contributed by atoms with Gasteiger partial charge in [-0.05, 0) is 85.2 Å². The smallest absolute Gasteiger partial charge is 0.268 e. The number of nitrogens with zero attached hydrogens (tertiary/aromatic N) is 3. The lowest BCUT2D eigenvalue weighted by Crippen LogP contribution is -2.48. The number of fused-ring (bicyclic) bond motifs is 5. The summed E-state index contributed by atoms with van der Waals surface area (Å²) in [5.41, 5.74) is 3.25. The summed E-state index contributed by atoms with van der Waals surface area (Å²) in [6.07, 6.45) is -0.355. The molecule has 5 aromatic carbocycles. The Hall–Kier alpha value is -5.59. The van der Waals surface area contributed by atoms with E-state index in [1.165, 1.54) is 0 Å². The molecule has 3 amide bonds. The Bertz CT molecular complexity index is 2380. The molecule has 0 aromatic heterocycles. The summed E-state index contributed by atoms with van der Waals surface area (Å²) in [5, 5.41) is 10.4. The highest BCUT2D eigenvalue weighted by Crippen LogP contribution is 2.61. The Morgan fingerprint density at radius 2 is 1.48 bits per heavy atom. The molecule has 0 radical (unpaired) electrons. The first-order valence-electron chi connectivity index (χ1n) is 19.1. The van der Waals surface area contributed by atoms with Crippen LogP contribution in [0.15, 0.2) is 121 Å². The topological polar surface area (TPSA) is 120 Å². The van der Waals surface area contributed by atoms with Crippen LogP contribution in [0.3, 0.4) is 0 Å². The normalized spacial score (nSPS) is 24.0. The Morgan fingerprint density at radius 3 is 2.23 bits per heavy atom. The van der Waals surface area contributed by atoms with Gasteiger partial charge in [-0.25, -0.2) is 0 Å². The quantitative estimate of drug-likeness (QED) is 0.171. The third-order valence-corrected chi connectivity index (χ3v) is 14.6. The van der Waals surface area contributed by atoms with Crippen molar-refractivity contribution in [2.75, 3.05) is 16.4 Å². The van der Waals surface area contributed by atoms with Gasteiger partial charge in [0.2, 0.25) is 5.91 Å². The van der Waals surface area contributed by atoms with Crippen LogP contribution in [0.5, 0.6) is 11.5 Å². The van der Waals surface area contributed by atoms with Crippen LogP contribution in [0.2, 0.25) is 18.6 Å². The second-order valence-electron chi connectivity index (χ2n) is 15.8. The Kier molecular flexibility index (Phi) is 8.73. The van der Waals surface area contributed by atoms with E-state index in [4.69, 9.17) is 9.47 Å². The highest BCUT2D eigenvalue weighted by Gasteiger charge is 2.67. The van der Waals surface area contributed by atoms with E-state index in [2.05, 4.69) is 0 Å². The van der Waals surface area contributed by atoms with Crippen LogP contribution >= 0.6 is 0 Å². The number of amides is 3. The average Bonchev–Trinajstić information content (AvgIpc) is 3.58. The molecule has 284 valence electrons. The van der Waals surface area contributed by atoms with E-state index in [9.17, 15) is 19.5 Å². The minimum atomic E-state index is -3.14. The number of aliphatic hydroxyl groups excluding tert-OH is 1. The number of anilines is 4. The predicted molar refractivity (Wildman–Crippen MR) is 215 cm³/mol. The molecule has 4 aliphatic rings. The summed E-state index contributed by atoms with van der Waals surface area (Å²) in [6.45, 7) is 5.76. The molecule has 56 heavy (non-hydrogen) atoms. The maximum Gasteiger partial charge on any atom is 0.268 e. The lowest BCUT2D eigenvalue weighted by atomic mass is 9.82. The van der Waals surface area contributed by atoms with Crippen LogP contribution < -0.4 is 14.5 Å². The van der Waals surface area contributed by atoms with E-state index in [0.29, 0.717) is 58.3 Å². The first-order chi connectivity index (χ1) is 27.0. The van der Waals surface area contributed by atoms with E-state index in [-0.39, 0.29) is 30.7 Å². The number of hydrogen-bond donors (Lipinski definition) is 2. The monoisotopic (exact) mass is 765 g/mol. The molecule has 1 saturated heterocycles. The molecule has 10 nitrogen and oxygen atoms in total. The predicted octanol–water partition coefficient (Wildman–Crippen LogP) is 7.58. The lowest BCUT2D eigenvalue weighted by molar-refractivity contribution is -0.150. The first kappa shape index (κ1) is 36.1. The van der Waals surface area contributed by atoms with Gasteiger partial charge < -0.3 is 24.3 Å². The molecule has 0 saturated carbocycles. The molecule has 4 aliphatic heterocycles. The molecule has 5 aromatic rings. The van der Waals surface area contributed by atoms with E-state index in [0.717, 1.165) is 11.1 Å². The van der Waals surface area contributed by atoms with Crippen LogP contribution in [0, 0.1) is 5.92 Å². The summed E-state index contributed by atoms with van der Waals surface area (Å²) in [7, 11) is -3.14. The minimum Gasteiger partial charge on any atom is -0.454 e. The number of carbonyl (C=O) groups excluding carboxylic acids is 3. The van der Waals surface area contributed by atoms with Crippen molar-refractivity contribution in [2.24, 2.45) is 5.92 Å². The molecule has 4 heterocycles. The van der Waals surface area contributed by atoms with Crippen molar-refractivity contribution in [1.82, 2.24) is 4.90 Å². The van der Waals surface area contributed by atoms with E-state index < -0.39 is 37.5 Å². The van der Waals surface area contributed by atoms with Gasteiger partial charge >= 0.3 is 0 Å². The van der Waals surface area contributed by atoms with Crippen molar-refractivity contribution < 1.29 is 33.8 Å². The fraction of sp³-hybridized carbons (Fsp3) is 0.267. The van der Waals surface area contributed by atoms with E-state index in [1.807, 2.05) is 123 Å². The summed E-state index contributed by atoms with van der Waals surface area (Å²) < 4.78 is 13.4. The number of ether oxygens (including phenoxy) is 2. The number of para-hydroxylation sites is 4. The van der Waals surface area contributed by atoms with Gasteiger partial charge in [-0.3, -0.25) is 24.2 Å². The number of carbonyl (C=O) groups is 3. The van der Waals surface area contributed by atoms with Crippen molar-refractivity contribution in [2.45, 2.75) is 62.7 Å². The maximum atomic E-state index is 15.3. The van der Waals surface area contributed by atoms with E-state index in [1.54, 1.807) is 32.9 Å². The van der Waals surface area contributed by atoms with Gasteiger partial charge in [0.25, 0.3) is 11.8 Å². The van der Waals surface area contributed by atoms with Crippen LogP contribution in [-0.2, 0) is 32.9 Å². The lowest BCUT2D eigenvalue weighted by Gasteiger charge is -2.37. The molecule has 9 rings (SSSR count). The van der Waals surface area contributed by atoms with E-state index >= 15 is 4.79 Å². The summed E-state index contributed by atoms with van der Waals surface area (Å²) in [5.74, 6) is -0.445. The third kappa shape index (κ3) is 5.60. The average molecular weight is 766 g/mol. The Labute approximate surface area is 326 Å². The van der Waals surface area contributed by atoms with Crippen molar-refractivity contribution in [3.8, 4) is 11.5 Å². The van der Waals surface area contributed by atoms with Crippen molar-refractivity contribution in [3.05, 3.63) is 144 Å². The number of rotatable bonds is 6. The van der Waals surface area contributed by atoms with Gasteiger partial charge in [-0.15, -0.1) is 0 Å². The molecule has 5 atom stereocenters. The Balaban J connectivity index is 1.17. The zero-order valence-corrected chi connectivity index (χ0v) is 32.5. The maximum absolute atomic E-state index is 15.3. The molecular formula is C45H43N3O7Si. The van der Waals surface area contributed by atoms with Crippen LogP contribution in [0.4, 0.5) is 22.7 Å². The van der Waals surface area contributed by atoms with Crippen molar-refractivity contribution in [3.63, 3.8) is 0 Å². The minimum absolute atomic E-state index is 0.0772. The van der Waals surface area contributed by atoms with Crippen molar-refractivity contribution in [1.29, 1.82) is 0 Å².